The van der Waals surface area contributed by atoms with E-state index < -0.39 is 43.0 Å². The highest BCUT2D eigenvalue weighted by Gasteiger charge is 2.32. The Morgan fingerprint density at radius 1 is 0.788 bits per heavy atom. The first-order valence-corrected chi connectivity index (χ1v) is 10.9. The summed E-state index contributed by atoms with van der Waals surface area (Å²) in [6.45, 7) is 15.7. The van der Waals surface area contributed by atoms with Gasteiger partial charge in [0.1, 0.15) is 12.2 Å². The van der Waals surface area contributed by atoms with Gasteiger partial charge in [-0.1, -0.05) is 13.2 Å². The number of carbonyl (C=O) groups excluding carboxylic acids is 2. The molecule has 5 atom stereocenters. The summed E-state index contributed by atoms with van der Waals surface area (Å²) in [7, 11) is 0. The molecule has 0 radical (unpaired) electrons. The molecule has 2 N–H and O–H groups in total. The molecule has 10 nitrogen and oxygen atoms in total. The Bertz CT molecular complexity index is 606. The van der Waals surface area contributed by atoms with E-state index in [1.165, 1.54) is 6.92 Å². The maximum atomic E-state index is 12.1. The van der Waals surface area contributed by atoms with Gasteiger partial charge in [-0.2, -0.15) is 0 Å². The Kier molecular flexibility index (Phi) is 16.7. The molecule has 0 amide bonds. The quantitative estimate of drug-likeness (QED) is 0.159. The molecular weight excluding hydrogens is 436 g/mol. The van der Waals surface area contributed by atoms with E-state index in [1.807, 2.05) is 0 Å². The molecule has 0 aliphatic carbocycles. The summed E-state index contributed by atoms with van der Waals surface area (Å²) in [5.74, 6) is -1.12. The lowest BCUT2D eigenvalue weighted by atomic mass is 10.1. The van der Waals surface area contributed by atoms with Gasteiger partial charge < -0.3 is 38.6 Å². The lowest BCUT2D eigenvalue weighted by Gasteiger charge is -2.31. The number of aliphatic hydroxyl groups is 2. The Balaban J connectivity index is 4.81. The monoisotopic (exact) mass is 476 g/mol. The van der Waals surface area contributed by atoms with Crippen LogP contribution in [0.2, 0.25) is 0 Å². The Morgan fingerprint density at radius 3 is 1.91 bits per heavy atom. The maximum absolute atomic E-state index is 12.1. The molecule has 0 saturated carbocycles. The maximum Gasteiger partial charge on any atom is 0.333 e. The molecule has 0 aliphatic rings. The number of aliphatic hydroxyl groups excluding tert-OH is 2. The second kappa shape index (κ2) is 17.6. The molecular formula is C23H40O10. The molecule has 0 saturated heterocycles. The van der Waals surface area contributed by atoms with E-state index >= 15 is 0 Å². The Morgan fingerprint density at radius 2 is 1.36 bits per heavy atom. The van der Waals surface area contributed by atoms with Crippen molar-refractivity contribution in [3.05, 3.63) is 24.3 Å². The first-order valence-electron chi connectivity index (χ1n) is 10.9. The molecule has 0 rings (SSSR count). The summed E-state index contributed by atoms with van der Waals surface area (Å²) in [6, 6.07) is 0. The molecule has 192 valence electrons. The van der Waals surface area contributed by atoms with Crippen LogP contribution in [0.1, 0.15) is 34.6 Å². The molecule has 5 unspecified atom stereocenters. The number of carbonyl (C=O) groups is 2. The molecule has 0 aromatic carbocycles. The van der Waals surface area contributed by atoms with E-state index in [0.29, 0.717) is 5.57 Å². The van der Waals surface area contributed by atoms with Gasteiger partial charge in [-0.25, -0.2) is 9.59 Å². The van der Waals surface area contributed by atoms with E-state index in [4.69, 9.17) is 33.5 Å². The second-order valence-corrected chi connectivity index (χ2v) is 7.76. The van der Waals surface area contributed by atoms with Crippen molar-refractivity contribution >= 4 is 11.9 Å². The summed E-state index contributed by atoms with van der Waals surface area (Å²) < 4.78 is 32.8. The first kappa shape index (κ1) is 31.2. The van der Waals surface area contributed by atoms with Gasteiger partial charge in [0.05, 0.1) is 58.5 Å². The average Bonchev–Trinajstić information content (AvgIpc) is 2.76. The zero-order valence-electron chi connectivity index (χ0n) is 20.4. The third-order valence-electron chi connectivity index (χ3n) is 4.26. The van der Waals surface area contributed by atoms with Gasteiger partial charge in [-0.3, -0.25) is 0 Å². The fourth-order valence-corrected chi connectivity index (χ4v) is 2.42. The summed E-state index contributed by atoms with van der Waals surface area (Å²) >= 11 is 0. The predicted molar refractivity (Wildman–Crippen MR) is 121 cm³/mol. The molecule has 33 heavy (non-hydrogen) atoms. The SMILES string of the molecule is C=C(C)C(=O)OC(C)COC(C)COC(C)C(OC(=O)C(=C)C)C(CO)OCCOCCO. The number of esters is 2. The highest BCUT2D eigenvalue weighted by Crippen LogP contribution is 2.15. The summed E-state index contributed by atoms with van der Waals surface area (Å²) in [4.78, 5) is 23.6. The second-order valence-electron chi connectivity index (χ2n) is 7.76. The largest absolute Gasteiger partial charge is 0.457 e. The van der Waals surface area contributed by atoms with Gasteiger partial charge in [0.25, 0.3) is 0 Å². The van der Waals surface area contributed by atoms with Crippen LogP contribution in [0.5, 0.6) is 0 Å². The molecule has 0 aromatic heterocycles. The minimum atomic E-state index is -0.917. The van der Waals surface area contributed by atoms with E-state index in [2.05, 4.69) is 13.2 Å². The molecule has 0 aliphatic heterocycles. The lowest BCUT2D eigenvalue weighted by Crippen LogP contribution is -2.45. The highest BCUT2D eigenvalue weighted by atomic mass is 16.6. The molecule has 0 aromatic rings. The lowest BCUT2D eigenvalue weighted by molar-refractivity contribution is -0.177. The van der Waals surface area contributed by atoms with Crippen LogP contribution in [-0.4, -0.2) is 98.9 Å². The van der Waals surface area contributed by atoms with E-state index in [-0.39, 0.29) is 51.3 Å². The van der Waals surface area contributed by atoms with Crippen LogP contribution in [-0.2, 0) is 38.0 Å². The number of hydrogen-bond acceptors (Lipinski definition) is 10. The molecule has 0 bridgehead atoms. The topological polar surface area (TPSA) is 130 Å². The van der Waals surface area contributed by atoms with Crippen molar-refractivity contribution in [2.24, 2.45) is 0 Å². The van der Waals surface area contributed by atoms with E-state index in [1.54, 1.807) is 27.7 Å². The van der Waals surface area contributed by atoms with Crippen LogP contribution in [0.25, 0.3) is 0 Å². The van der Waals surface area contributed by atoms with E-state index in [0.717, 1.165) is 0 Å². The van der Waals surface area contributed by atoms with Gasteiger partial charge in [0.2, 0.25) is 0 Å². The van der Waals surface area contributed by atoms with E-state index in [9.17, 15) is 14.7 Å². The van der Waals surface area contributed by atoms with Crippen molar-refractivity contribution in [2.75, 3.05) is 46.2 Å². The number of hydrogen-bond donors (Lipinski definition) is 2. The third-order valence-corrected chi connectivity index (χ3v) is 4.26. The summed E-state index contributed by atoms with van der Waals surface area (Å²) in [5, 5.41) is 18.5. The standard InChI is InChI=1S/C23H40O10/c1-15(2)22(26)32-18(6)14-30-17(5)13-31-19(7)21(33-23(27)16(3)4)20(12-25)29-11-10-28-9-8-24/h17-21,24-25H,1,3,8-14H2,2,4-7H3. The number of ether oxygens (including phenoxy) is 6. The van der Waals surface area contributed by atoms with Crippen molar-refractivity contribution < 1.29 is 48.2 Å². The van der Waals surface area contributed by atoms with Crippen LogP contribution in [0.3, 0.4) is 0 Å². The predicted octanol–water partition coefficient (Wildman–Crippen LogP) is 1.18. The minimum Gasteiger partial charge on any atom is -0.457 e. The zero-order valence-corrected chi connectivity index (χ0v) is 20.4. The van der Waals surface area contributed by atoms with Crippen LogP contribution in [0, 0.1) is 0 Å². The van der Waals surface area contributed by atoms with Gasteiger partial charge in [0.15, 0.2) is 6.10 Å². The minimum absolute atomic E-state index is 0.109. The summed E-state index contributed by atoms with van der Waals surface area (Å²) in [6.07, 6.45) is -3.23. The first-order chi connectivity index (χ1) is 15.5. The van der Waals surface area contributed by atoms with Crippen molar-refractivity contribution in [1.82, 2.24) is 0 Å². The zero-order chi connectivity index (χ0) is 25.4. The van der Waals surface area contributed by atoms with Crippen LogP contribution in [0.15, 0.2) is 24.3 Å². The third kappa shape index (κ3) is 14.1. The van der Waals surface area contributed by atoms with Crippen molar-refractivity contribution in [3.63, 3.8) is 0 Å². The van der Waals surface area contributed by atoms with Crippen LogP contribution >= 0.6 is 0 Å². The van der Waals surface area contributed by atoms with Gasteiger partial charge in [-0.15, -0.1) is 0 Å². The normalized spacial score (nSPS) is 15.7. The molecule has 0 fully saturated rings. The summed E-state index contributed by atoms with van der Waals surface area (Å²) in [5.41, 5.74) is 0.508. The Labute approximate surface area is 196 Å². The molecule has 0 heterocycles. The average molecular weight is 477 g/mol. The molecule has 0 spiro atoms. The fourth-order valence-electron chi connectivity index (χ4n) is 2.42. The Hall–Kier alpha value is -1.82. The molecule has 10 heteroatoms. The van der Waals surface area contributed by atoms with Gasteiger partial charge in [-0.05, 0) is 34.6 Å². The highest BCUT2D eigenvalue weighted by molar-refractivity contribution is 5.87. The van der Waals surface area contributed by atoms with Gasteiger partial charge >= 0.3 is 11.9 Å². The smallest absolute Gasteiger partial charge is 0.333 e. The van der Waals surface area contributed by atoms with Crippen molar-refractivity contribution in [1.29, 1.82) is 0 Å². The van der Waals surface area contributed by atoms with Crippen LogP contribution < -0.4 is 0 Å². The van der Waals surface area contributed by atoms with Crippen LogP contribution in [0.4, 0.5) is 0 Å². The number of rotatable bonds is 19. The van der Waals surface area contributed by atoms with Crippen molar-refractivity contribution in [3.8, 4) is 0 Å². The van der Waals surface area contributed by atoms with Gasteiger partial charge in [0, 0.05) is 11.1 Å². The fraction of sp³-hybridized carbons (Fsp3) is 0.739. The van der Waals surface area contributed by atoms with Crippen molar-refractivity contribution in [2.45, 2.75) is 65.1 Å².